The number of benzene rings is 2. The van der Waals surface area contributed by atoms with E-state index in [0.717, 1.165) is 66.6 Å². The van der Waals surface area contributed by atoms with Gasteiger partial charge in [0, 0.05) is 44.6 Å². The molecule has 0 unspecified atom stereocenters. The lowest BCUT2D eigenvalue weighted by Crippen LogP contribution is -2.43. The number of nitriles is 1. The Balaban J connectivity index is 1.34. The molecule has 0 spiro atoms. The number of anilines is 1. The van der Waals surface area contributed by atoms with Gasteiger partial charge in [0.1, 0.15) is 11.6 Å². The number of hydrogen-bond donors (Lipinski definition) is 1. The fourth-order valence-electron chi connectivity index (χ4n) is 4.23. The third-order valence-electron chi connectivity index (χ3n) is 5.84. The van der Waals surface area contributed by atoms with Crippen molar-refractivity contribution in [1.29, 1.82) is 5.26 Å². The molecule has 1 fully saturated rings. The molecular weight excluding hydrogens is 404 g/mol. The molecule has 2 aromatic carbocycles. The Bertz CT molecular complexity index is 1070. The number of ether oxygens (including phenoxy) is 2. The number of rotatable bonds is 5. The summed E-state index contributed by atoms with van der Waals surface area (Å²) in [4.78, 5) is 17.1. The van der Waals surface area contributed by atoms with Gasteiger partial charge in [-0.2, -0.15) is 5.26 Å². The molecule has 1 amide bonds. The monoisotopic (exact) mass is 432 g/mol. The Labute approximate surface area is 188 Å². The van der Waals surface area contributed by atoms with Gasteiger partial charge in [-0.05, 0) is 49.6 Å². The zero-order valence-electron chi connectivity index (χ0n) is 18.8. The van der Waals surface area contributed by atoms with E-state index in [9.17, 15) is 10.1 Å². The predicted molar refractivity (Wildman–Crippen MR) is 122 cm³/mol. The summed E-state index contributed by atoms with van der Waals surface area (Å²) in [6.45, 7) is 10.3. The Morgan fingerprint density at radius 1 is 1.06 bits per heavy atom. The molecule has 2 aliphatic heterocycles. The van der Waals surface area contributed by atoms with Crippen LogP contribution in [-0.4, -0.2) is 48.7 Å². The predicted octanol–water partition coefficient (Wildman–Crippen LogP) is 3.50. The molecule has 2 aliphatic rings. The molecule has 0 aliphatic carbocycles. The van der Waals surface area contributed by atoms with Crippen molar-refractivity contribution >= 4 is 11.6 Å². The topological polar surface area (TPSA) is 77.8 Å². The summed E-state index contributed by atoms with van der Waals surface area (Å²) in [5.74, 6) is 1.22. The summed E-state index contributed by atoms with van der Waals surface area (Å²) < 4.78 is 10.8. The lowest BCUT2D eigenvalue weighted by Gasteiger charge is -2.34. The molecule has 0 bridgehead atoms. The van der Waals surface area contributed by atoms with Crippen LogP contribution in [0.1, 0.15) is 22.3 Å². The Kier molecular flexibility index (Phi) is 6.33. The highest BCUT2D eigenvalue weighted by Crippen LogP contribution is 2.33. The van der Waals surface area contributed by atoms with E-state index in [2.05, 4.69) is 22.4 Å². The number of fused-ring (bicyclic) bond motifs is 1. The summed E-state index contributed by atoms with van der Waals surface area (Å²) in [6, 6.07) is 12.2. The first-order valence-corrected chi connectivity index (χ1v) is 10.8. The van der Waals surface area contributed by atoms with Gasteiger partial charge in [0.05, 0.1) is 0 Å². The summed E-state index contributed by atoms with van der Waals surface area (Å²) >= 11 is 0. The van der Waals surface area contributed by atoms with Crippen molar-refractivity contribution in [2.24, 2.45) is 0 Å². The van der Waals surface area contributed by atoms with Crippen molar-refractivity contribution in [2.45, 2.75) is 27.3 Å². The number of nitrogens with one attached hydrogen (secondary N) is 1. The number of amides is 1. The van der Waals surface area contributed by atoms with Crippen LogP contribution >= 0.6 is 0 Å². The van der Waals surface area contributed by atoms with Crippen LogP contribution in [0.4, 0.5) is 5.69 Å². The van der Waals surface area contributed by atoms with Gasteiger partial charge in [-0.15, -0.1) is 0 Å². The molecule has 4 rings (SSSR count). The van der Waals surface area contributed by atoms with E-state index >= 15 is 0 Å². The number of piperazine rings is 1. The smallest absolute Gasteiger partial charge is 0.267 e. The minimum absolute atomic E-state index is 0.119. The first-order valence-electron chi connectivity index (χ1n) is 10.8. The standard InChI is InChI=1S/C25H28N4O3/c1-17-10-18(2)24(19(3)11-17)27-25(30)21(13-26)15-29-8-6-28(7-9-29)14-20-4-5-22-23(12-20)32-16-31-22/h4-5,10-12,15H,6-9,14,16H2,1-3H3,(H,27,30)/b21-15-. The van der Waals surface area contributed by atoms with Crippen molar-refractivity contribution in [3.8, 4) is 17.6 Å². The van der Waals surface area contributed by atoms with E-state index < -0.39 is 0 Å². The van der Waals surface area contributed by atoms with Gasteiger partial charge >= 0.3 is 0 Å². The van der Waals surface area contributed by atoms with Gasteiger partial charge < -0.3 is 19.7 Å². The van der Waals surface area contributed by atoms with Crippen molar-refractivity contribution < 1.29 is 14.3 Å². The van der Waals surface area contributed by atoms with Gasteiger partial charge in [0.25, 0.3) is 5.91 Å². The van der Waals surface area contributed by atoms with Crippen LogP contribution in [0.2, 0.25) is 0 Å². The maximum Gasteiger partial charge on any atom is 0.267 e. The Morgan fingerprint density at radius 2 is 1.75 bits per heavy atom. The summed E-state index contributed by atoms with van der Waals surface area (Å²) in [5, 5.41) is 12.5. The van der Waals surface area contributed by atoms with Gasteiger partial charge in [0.15, 0.2) is 11.5 Å². The molecule has 2 heterocycles. The second-order valence-corrected chi connectivity index (χ2v) is 8.38. The average molecular weight is 433 g/mol. The number of carbonyl (C=O) groups excluding carboxylic acids is 1. The number of aryl methyl sites for hydroxylation is 3. The number of carbonyl (C=O) groups is 1. The van der Waals surface area contributed by atoms with Gasteiger partial charge in [0.2, 0.25) is 6.79 Å². The average Bonchev–Trinajstić information content (AvgIpc) is 3.23. The van der Waals surface area contributed by atoms with E-state index in [1.165, 1.54) is 5.56 Å². The van der Waals surface area contributed by atoms with Crippen molar-refractivity contribution in [3.63, 3.8) is 0 Å². The SMILES string of the molecule is Cc1cc(C)c(NC(=O)/C(C#N)=C\N2CCN(Cc3ccc4c(c3)OCO4)CC2)c(C)c1. The van der Waals surface area contributed by atoms with Crippen LogP contribution in [0.5, 0.6) is 11.5 Å². The van der Waals surface area contributed by atoms with Gasteiger partial charge in [-0.1, -0.05) is 23.8 Å². The zero-order valence-corrected chi connectivity index (χ0v) is 18.8. The molecule has 2 aromatic rings. The van der Waals surface area contributed by atoms with Crippen LogP contribution in [-0.2, 0) is 11.3 Å². The van der Waals surface area contributed by atoms with Crippen molar-refractivity contribution in [1.82, 2.24) is 9.80 Å². The molecular formula is C25H28N4O3. The van der Waals surface area contributed by atoms with Crippen molar-refractivity contribution in [3.05, 3.63) is 64.4 Å². The van der Waals surface area contributed by atoms with E-state index in [-0.39, 0.29) is 18.3 Å². The van der Waals surface area contributed by atoms with E-state index in [1.54, 1.807) is 6.20 Å². The molecule has 0 atom stereocenters. The minimum Gasteiger partial charge on any atom is -0.454 e. The minimum atomic E-state index is -0.370. The largest absolute Gasteiger partial charge is 0.454 e. The van der Waals surface area contributed by atoms with E-state index in [0.29, 0.717) is 0 Å². The van der Waals surface area contributed by atoms with E-state index in [4.69, 9.17) is 9.47 Å². The van der Waals surface area contributed by atoms with Crippen LogP contribution in [0.25, 0.3) is 0 Å². The molecule has 7 heteroatoms. The number of nitrogens with zero attached hydrogens (tertiary/aromatic N) is 3. The highest BCUT2D eigenvalue weighted by atomic mass is 16.7. The Morgan fingerprint density at radius 3 is 2.44 bits per heavy atom. The molecule has 0 saturated carbocycles. The molecule has 1 N–H and O–H groups in total. The lowest BCUT2D eigenvalue weighted by atomic mass is 10.0. The third-order valence-corrected chi connectivity index (χ3v) is 5.84. The van der Waals surface area contributed by atoms with Gasteiger partial charge in [-0.25, -0.2) is 0 Å². The second-order valence-electron chi connectivity index (χ2n) is 8.38. The van der Waals surface area contributed by atoms with Crippen LogP contribution in [0.15, 0.2) is 42.1 Å². The summed E-state index contributed by atoms with van der Waals surface area (Å²) in [6.07, 6.45) is 1.69. The maximum atomic E-state index is 12.7. The first-order chi connectivity index (χ1) is 15.4. The molecule has 0 aromatic heterocycles. The fraction of sp³-hybridized carbons (Fsp3) is 0.360. The quantitative estimate of drug-likeness (QED) is 0.576. The maximum absolute atomic E-state index is 12.7. The zero-order chi connectivity index (χ0) is 22.7. The van der Waals surface area contributed by atoms with E-state index in [1.807, 2.05) is 49.9 Å². The Hall–Kier alpha value is -3.50. The molecule has 0 radical (unpaired) electrons. The van der Waals surface area contributed by atoms with Crippen LogP contribution < -0.4 is 14.8 Å². The first kappa shape index (κ1) is 21.7. The third kappa shape index (κ3) is 4.87. The van der Waals surface area contributed by atoms with Crippen molar-refractivity contribution in [2.75, 3.05) is 38.3 Å². The molecule has 166 valence electrons. The molecule has 32 heavy (non-hydrogen) atoms. The summed E-state index contributed by atoms with van der Waals surface area (Å²) in [7, 11) is 0. The highest BCUT2D eigenvalue weighted by molar-refractivity contribution is 6.07. The molecule has 1 saturated heterocycles. The van der Waals surface area contributed by atoms with Crippen LogP contribution in [0, 0.1) is 32.1 Å². The summed E-state index contributed by atoms with van der Waals surface area (Å²) in [5.41, 5.74) is 5.20. The van der Waals surface area contributed by atoms with Gasteiger partial charge in [-0.3, -0.25) is 9.69 Å². The van der Waals surface area contributed by atoms with Crippen LogP contribution in [0.3, 0.4) is 0 Å². The lowest BCUT2D eigenvalue weighted by molar-refractivity contribution is -0.112. The second kappa shape index (κ2) is 9.33. The number of hydrogen-bond acceptors (Lipinski definition) is 6. The molecule has 7 nitrogen and oxygen atoms in total. The highest BCUT2D eigenvalue weighted by Gasteiger charge is 2.20. The fourth-order valence-corrected chi connectivity index (χ4v) is 4.23. The normalized spacial score (nSPS) is 16.1.